The van der Waals surface area contributed by atoms with Gasteiger partial charge in [0.2, 0.25) is 0 Å². The first kappa shape index (κ1) is 15.5. The Kier molecular flexibility index (Phi) is 4.07. The minimum Gasteiger partial charge on any atom is -0.467 e. The van der Waals surface area contributed by atoms with E-state index in [1.54, 1.807) is 0 Å². The fraction of sp³-hybridized carbons (Fsp3) is 0.471. The van der Waals surface area contributed by atoms with E-state index in [1.807, 2.05) is 30.3 Å². The molecule has 0 aromatic heterocycles. The zero-order chi connectivity index (χ0) is 16.4. The van der Waals surface area contributed by atoms with E-state index in [0.29, 0.717) is 12.8 Å². The molecule has 6 heteroatoms. The molecule has 1 saturated carbocycles. The molecule has 2 aliphatic rings. The second kappa shape index (κ2) is 6.02. The monoisotopic (exact) mass is 317 g/mol. The van der Waals surface area contributed by atoms with Crippen LogP contribution >= 0.6 is 0 Å². The van der Waals surface area contributed by atoms with Crippen molar-refractivity contribution in [1.29, 1.82) is 0 Å². The number of amides is 1. The van der Waals surface area contributed by atoms with Crippen LogP contribution in [0, 0.1) is 0 Å². The van der Waals surface area contributed by atoms with Crippen molar-refractivity contribution in [2.24, 2.45) is 0 Å². The number of esters is 1. The average molecular weight is 317 g/mol. The highest BCUT2D eigenvalue weighted by Gasteiger charge is 2.59. The summed E-state index contributed by atoms with van der Waals surface area (Å²) in [4.78, 5) is 38.0. The molecular weight excluding hydrogens is 298 g/mol. The number of ether oxygens (including phenoxy) is 2. The van der Waals surface area contributed by atoms with Gasteiger partial charge in [-0.1, -0.05) is 30.3 Å². The van der Waals surface area contributed by atoms with E-state index >= 15 is 0 Å². The topological polar surface area (TPSA) is 72.9 Å². The molecule has 1 aliphatic carbocycles. The highest BCUT2D eigenvalue weighted by molar-refractivity contribution is 6.08. The molecule has 1 atom stereocenters. The molecule has 6 nitrogen and oxygen atoms in total. The van der Waals surface area contributed by atoms with Gasteiger partial charge in [-0.05, 0) is 24.8 Å². The van der Waals surface area contributed by atoms with Crippen LogP contribution in [-0.4, -0.2) is 41.4 Å². The fourth-order valence-electron chi connectivity index (χ4n) is 3.36. The van der Waals surface area contributed by atoms with Crippen molar-refractivity contribution in [2.75, 3.05) is 7.11 Å². The maximum atomic E-state index is 12.5. The Hall–Kier alpha value is -2.37. The minimum atomic E-state index is -1.18. The Bertz CT molecular complexity index is 623. The third-order valence-corrected chi connectivity index (χ3v) is 4.69. The van der Waals surface area contributed by atoms with Crippen molar-refractivity contribution in [2.45, 2.75) is 43.9 Å². The minimum absolute atomic E-state index is 0.105. The van der Waals surface area contributed by atoms with Crippen LogP contribution in [0.15, 0.2) is 30.3 Å². The number of rotatable bonds is 3. The summed E-state index contributed by atoms with van der Waals surface area (Å²) in [5.41, 5.74) is 0.285. The lowest BCUT2D eigenvalue weighted by atomic mass is 9.75. The average Bonchev–Trinajstić information content (AvgIpc) is 2.86. The van der Waals surface area contributed by atoms with Gasteiger partial charge in [-0.3, -0.25) is 9.69 Å². The molecular formula is C17H19NO5. The first-order chi connectivity index (χ1) is 11.1. The first-order valence-corrected chi connectivity index (χ1v) is 7.68. The van der Waals surface area contributed by atoms with Crippen LogP contribution in [0.25, 0.3) is 0 Å². The summed E-state index contributed by atoms with van der Waals surface area (Å²) in [6, 6.07) is 8.10. The fourth-order valence-corrected chi connectivity index (χ4v) is 3.36. The van der Waals surface area contributed by atoms with Crippen molar-refractivity contribution in [3.05, 3.63) is 35.9 Å². The van der Waals surface area contributed by atoms with Crippen molar-refractivity contribution < 1.29 is 23.9 Å². The molecule has 122 valence electrons. The summed E-state index contributed by atoms with van der Waals surface area (Å²) in [6.45, 7) is 0.105. The molecule has 1 aliphatic heterocycles. The molecule has 1 amide bonds. The number of Topliss-reactive ketones (excluding diaryl/α,β-unsaturated/α-hetero) is 1. The molecule has 1 aromatic rings. The van der Waals surface area contributed by atoms with E-state index in [2.05, 4.69) is 0 Å². The van der Waals surface area contributed by atoms with Crippen LogP contribution in [0.3, 0.4) is 0 Å². The lowest BCUT2D eigenvalue weighted by Crippen LogP contribution is -2.57. The Morgan fingerprint density at radius 3 is 2.52 bits per heavy atom. The molecule has 1 heterocycles. The van der Waals surface area contributed by atoms with Gasteiger partial charge in [0, 0.05) is 6.42 Å². The van der Waals surface area contributed by atoms with Crippen LogP contribution in [0.1, 0.15) is 31.2 Å². The lowest BCUT2D eigenvalue weighted by molar-refractivity contribution is -0.149. The number of ketones is 1. The summed E-state index contributed by atoms with van der Waals surface area (Å²) >= 11 is 0. The SMILES string of the molecule is COC(=O)C1C(=O)CC2(CCC2)N1C(=O)OCc1ccccc1. The first-order valence-electron chi connectivity index (χ1n) is 7.68. The number of methoxy groups -OCH3 is 1. The van der Waals surface area contributed by atoms with Gasteiger partial charge in [-0.15, -0.1) is 0 Å². The Labute approximate surface area is 134 Å². The van der Waals surface area contributed by atoms with Gasteiger partial charge in [0.15, 0.2) is 11.8 Å². The highest BCUT2D eigenvalue weighted by atomic mass is 16.6. The van der Waals surface area contributed by atoms with Gasteiger partial charge in [0.05, 0.1) is 12.6 Å². The molecule has 0 bridgehead atoms. The highest BCUT2D eigenvalue weighted by Crippen LogP contribution is 2.47. The standard InChI is InChI=1S/C17H19NO5/c1-22-15(20)14-13(19)10-17(8-5-9-17)18(14)16(21)23-11-12-6-3-2-4-7-12/h2-4,6-7,14H,5,8-11H2,1H3. The maximum Gasteiger partial charge on any atom is 0.411 e. The van der Waals surface area contributed by atoms with Crippen LogP contribution in [0.2, 0.25) is 0 Å². The number of carbonyl (C=O) groups is 3. The van der Waals surface area contributed by atoms with E-state index in [9.17, 15) is 14.4 Å². The maximum absolute atomic E-state index is 12.5. The van der Waals surface area contributed by atoms with E-state index in [-0.39, 0.29) is 18.8 Å². The van der Waals surface area contributed by atoms with Gasteiger partial charge in [-0.25, -0.2) is 9.59 Å². The van der Waals surface area contributed by atoms with E-state index in [1.165, 1.54) is 12.0 Å². The number of carbonyl (C=O) groups excluding carboxylic acids is 3. The number of nitrogens with zero attached hydrogens (tertiary/aromatic N) is 1. The zero-order valence-electron chi connectivity index (χ0n) is 13.0. The van der Waals surface area contributed by atoms with E-state index in [4.69, 9.17) is 9.47 Å². The third kappa shape index (κ3) is 2.69. The van der Waals surface area contributed by atoms with Gasteiger partial charge in [-0.2, -0.15) is 0 Å². The van der Waals surface area contributed by atoms with E-state index in [0.717, 1.165) is 12.0 Å². The van der Waals surface area contributed by atoms with E-state index < -0.39 is 23.6 Å². The molecule has 1 aromatic carbocycles. The van der Waals surface area contributed by atoms with Crippen molar-refractivity contribution in [3.8, 4) is 0 Å². The predicted molar refractivity (Wildman–Crippen MR) is 80.5 cm³/mol. The summed E-state index contributed by atoms with van der Waals surface area (Å²) in [7, 11) is 1.22. The van der Waals surface area contributed by atoms with Crippen LogP contribution in [0.4, 0.5) is 4.79 Å². The molecule has 1 spiro atoms. The van der Waals surface area contributed by atoms with Crippen LogP contribution in [0.5, 0.6) is 0 Å². The largest absolute Gasteiger partial charge is 0.467 e. The lowest BCUT2D eigenvalue weighted by Gasteiger charge is -2.45. The summed E-state index contributed by atoms with van der Waals surface area (Å²) < 4.78 is 10.0. The van der Waals surface area contributed by atoms with Gasteiger partial charge in [0.25, 0.3) is 0 Å². The zero-order valence-corrected chi connectivity index (χ0v) is 13.0. The predicted octanol–water partition coefficient (Wildman–Crippen LogP) is 2.06. The Morgan fingerprint density at radius 2 is 1.96 bits per heavy atom. The summed E-state index contributed by atoms with van der Waals surface area (Å²) in [5.74, 6) is -0.969. The number of hydrogen-bond donors (Lipinski definition) is 0. The Morgan fingerprint density at radius 1 is 1.26 bits per heavy atom. The molecule has 2 fully saturated rings. The quantitative estimate of drug-likeness (QED) is 0.630. The van der Waals surface area contributed by atoms with Gasteiger partial charge < -0.3 is 9.47 Å². The molecule has 1 unspecified atom stereocenters. The summed E-state index contributed by atoms with van der Waals surface area (Å²) in [6.07, 6.45) is 1.94. The van der Waals surface area contributed by atoms with Gasteiger partial charge >= 0.3 is 12.1 Å². The number of hydrogen-bond acceptors (Lipinski definition) is 5. The van der Waals surface area contributed by atoms with Crippen molar-refractivity contribution >= 4 is 17.8 Å². The van der Waals surface area contributed by atoms with Crippen LogP contribution < -0.4 is 0 Å². The Balaban J connectivity index is 1.77. The molecule has 23 heavy (non-hydrogen) atoms. The normalized spacial score (nSPS) is 21.9. The smallest absolute Gasteiger partial charge is 0.411 e. The number of benzene rings is 1. The second-order valence-corrected chi connectivity index (χ2v) is 6.06. The van der Waals surface area contributed by atoms with Crippen molar-refractivity contribution in [1.82, 2.24) is 4.90 Å². The third-order valence-electron chi connectivity index (χ3n) is 4.69. The molecule has 1 saturated heterocycles. The van der Waals surface area contributed by atoms with Crippen LogP contribution in [-0.2, 0) is 25.7 Å². The van der Waals surface area contributed by atoms with Gasteiger partial charge in [0.1, 0.15) is 6.61 Å². The number of likely N-dealkylation sites (tertiary alicyclic amines) is 1. The van der Waals surface area contributed by atoms with Crippen molar-refractivity contribution in [3.63, 3.8) is 0 Å². The molecule has 3 rings (SSSR count). The molecule has 0 N–H and O–H groups in total. The second-order valence-electron chi connectivity index (χ2n) is 6.06. The molecule has 0 radical (unpaired) electrons. The summed E-state index contributed by atoms with van der Waals surface area (Å²) in [5, 5.41) is 0.